The van der Waals surface area contributed by atoms with Crippen LogP contribution in [0.25, 0.3) is 10.6 Å². The lowest BCUT2D eigenvalue weighted by atomic mass is 10.3. The van der Waals surface area contributed by atoms with Gasteiger partial charge in [0.1, 0.15) is 5.01 Å². The predicted octanol–water partition coefficient (Wildman–Crippen LogP) is 2.70. The standard InChI is InChI=1S/C12H18N4S/c1-4-13-6-11-7-14-12(17-11)10-5-15-16(8-10)9(2)3/h5,7-9,13H,4,6H2,1-3H3. The Bertz CT molecular complexity index is 472. The highest BCUT2D eigenvalue weighted by Gasteiger charge is 2.08. The molecule has 17 heavy (non-hydrogen) atoms. The van der Waals surface area contributed by atoms with Crippen LogP contribution in [0.2, 0.25) is 0 Å². The third-order valence-electron chi connectivity index (χ3n) is 2.48. The second kappa shape index (κ2) is 5.42. The predicted molar refractivity (Wildman–Crippen MR) is 71.1 cm³/mol. The zero-order chi connectivity index (χ0) is 12.3. The Morgan fingerprint density at radius 2 is 2.24 bits per heavy atom. The first kappa shape index (κ1) is 12.3. The Labute approximate surface area is 106 Å². The molecule has 0 unspecified atom stereocenters. The van der Waals surface area contributed by atoms with Crippen LogP contribution in [0, 0.1) is 0 Å². The molecule has 0 atom stereocenters. The second-order valence-electron chi connectivity index (χ2n) is 4.21. The summed E-state index contributed by atoms with van der Waals surface area (Å²) in [6.07, 6.45) is 5.88. The maximum absolute atomic E-state index is 4.44. The van der Waals surface area contributed by atoms with Crippen molar-refractivity contribution < 1.29 is 0 Å². The van der Waals surface area contributed by atoms with Gasteiger partial charge in [-0.1, -0.05) is 6.92 Å². The first-order chi connectivity index (χ1) is 8.20. The summed E-state index contributed by atoms with van der Waals surface area (Å²) < 4.78 is 1.96. The molecule has 5 heteroatoms. The first-order valence-corrected chi connectivity index (χ1v) is 6.72. The molecule has 0 bridgehead atoms. The molecule has 0 radical (unpaired) electrons. The summed E-state index contributed by atoms with van der Waals surface area (Å²) in [7, 11) is 0. The van der Waals surface area contributed by atoms with Gasteiger partial charge in [-0.25, -0.2) is 4.98 Å². The summed E-state index contributed by atoms with van der Waals surface area (Å²) in [5, 5.41) is 8.68. The van der Waals surface area contributed by atoms with Crippen LogP contribution < -0.4 is 5.32 Å². The van der Waals surface area contributed by atoms with E-state index in [0.717, 1.165) is 23.7 Å². The molecule has 0 spiro atoms. The van der Waals surface area contributed by atoms with Crippen molar-refractivity contribution in [1.29, 1.82) is 0 Å². The molecule has 0 aliphatic carbocycles. The van der Waals surface area contributed by atoms with Crippen LogP contribution in [-0.4, -0.2) is 21.3 Å². The quantitative estimate of drug-likeness (QED) is 0.887. The Kier molecular flexibility index (Phi) is 3.91. The van der Waals surface area contributed by atoms with Gasteiger partial charge < -0.3 is 5.32 Å². The Morgan fingerprint density at radius 1 is 1.41 bits per heavy atom. The normalized spacial score (nSPS) is 11.3. The summed E-state index contributed by atoms with van der Waals surface area (Å²) in [4.78, 5) is 5.70. The Hall–Kier alpha value is -1.20. The summed E-state index contributed by atoms with van der Waals surface area (Å²) in [6.45, 7) is 8.23. The SMILES string of the molecule is CCNCc1cnc(-c2cnn(C(C)C)c2)s1. The van der Waals surface area contributed by atoms with E-state index in [1.807, 2.05) is 17.1 Å². The summed E-state index contributed by atoms with van der Waals surface area (Å²) in [6, 6.07) is 0.393. The Morgan fingerprint density at radius 3 is 2.88 bits per heavy atom. The molecule has 2 rings (SSSR count). The number of rotatable bonds is 5. The Balaban J connectivity index is 2.13. The zero-order valence-corrected chi connectivity index (χ0v) is 11.3. The van der Waals surface area contributed by atoms with Gasteiger partial charge in [-0.2, -0.15) is 5.10 Å². The molecular weight excluding hydrogens is 232 g/mol. The van der Waals surface area contributed by atoms with Crippen LogP contribution in [0.3, 0.4) is 0 Å². The van der Waals surface area contributed by atoms with Gasteiger partial charge in [-0.15, -0.1) is 11.3 Å². The van der Waals surface area contributed by atoms with Gasteiger partial charge in [-0.3, -0.25) is 4.68 Å². The summed E-state index contributed by atoms with van der Waals surface area (Å²) in [5.74, 6) is 0. The van der Waals surface area contributed by atoms with Crippen molar-refractivity contribution in [2.75, 3.05) is 6.54 Å². The maximum Gasteiger partial charge on any atom is 0.126 e. The van der Waals surface area contributed by atoms with Gasteiger partial charge >= 0.3 is 0 Å². The molecular formula is C12H18N4S. The number of thiazole rings is 1. The highest BCUT2D eigenvalue weighted by atomic mass is 32.1. The van der Waals surface area contributed by atoms with Gasteiger partial charge in [0.25, 0.3) is 0 Å². The van der Waals surface area contributed by atoms with Crippen molar-refractivity contribution in [1.82, 2.24) is 20.1 Å². The van der Waals surface area contributed by atoms with Crippen molar-refractivity contribution in [3.05, 3.63) is 23.5 Å². The fourth-order valence-corrected chi connectivity index (χ4v) is 2.36. The summed E-state index contributed by atoms with van der Waals surface area (Å²) in [5.41, 5.74) is 1.10. The number of hydrogen-bond acceptors (Lipinski definition) is 4. The van der Waals surface area contributed by atoms with Gasteiger partial charge in [0.15, 0.2) is 0 Å². The van der Waals surface area contributed by atoms with E-state index in [2.05, 4.69) is 42.4 Å². The molecule has 4 nitrogen and oxygen atoms in total. The molecule has 1 N–H and O–H groups in total. The van der Waals surface area contributed by atoms with Crippen molar-refractivity contribution in [2.24, 2.45) is 0 Å². The van der Waals surface area contributed by atoms with E-state index in [9.17, 15) is 0 Å². The van der Waals surface area contributed by atoms with Crippen molar-refractivity contribution in [2.45, 2.75) is 33.4 Å². The van der Waals surface area contributed by atoms with Crippen LogP contribution in [-0.2, 0) is 6.54 Å². The maximum atomic E-state index is 4.44. The van der Waals surface area contributed by atoms with E-state index in [1.54, 1.807) is 11.3 Å². The molecule has 2 heterocycles. The second-order valence-corrected chi connectivity index (χ2v) is 5.33. The third-order valence-corrected chi connectivity index (χ3v) is 3.53. The van der Waals surface area contributed by atoms with Crippen LogP contribution in [0.1, 0.15) is 31.7 Å². The van der Waals surface area contributed by atoms with E-state index in [4.69, 9.17) is 0 Å². The minimum Gasteiger partial charge on any atom is -0.312 e. The van der Waals surface area contributed by atoms with Crippen LogP contribution in [0.5, 0.6) is 0 Å². The topological polar surface area (TPSA) is 42.7 Å². The highest BCUT2D eigenvalue weighted by Crippen LogP contribution is 2.25. The van der Waals surface area contributed by atoms with Gasteiger partial charge in [0.05, 0.1) is 6.20 Å². The minimum atomic E-state index is 0.393. The average molecular weight is 250 g/mol. The molecule has 0 amide bonds. The van der Waals surface area contributed by atoms with Crippen molar-refractivity contribution >= 4 is 11.3 Å². The number of aromatic nitrogens is 3. The molecule has 2 aromatic heterocycles. The highest BCUT2D eigenvalue weighted by molar-refractivity contribution is 7.15. The fourth-order valence-electron chi connectivity index (χ4n) is 1.50. The molecule has 0 aliphatic heterocycles. The van der Waals surface area contributed by atoms with Crippen LogP contribution in [0.4, 0.5) is 0 Å². The van der Waals surface area contributed by atoms with Crippen LogP contribution in [0.15, 0.2) is 18.6 Å². The molecule has 0 saturated carbocycles. The largest absolute Gasteiger partial charge is 0.312 e. The average Bonchev–Trinajstić information content (AvgIpc) is 2.94. The fraction of sp³-hybridized carbons (Fsp3) is 0.500. The lowest BCUT2D eigenvalue weighted by molar-refractivity contribution is 0.532. The zero-order valence-electron chi connectivity index (χ0n) is 10.5. The van der Waals surface area contributed by atoms with Crippen LogP contribution >= 0.6 is 11.3 Å². The van der Waals surface area contributed by atoms with E-state index < -0.39 is 0 Å². The lowest BCUT2D eigenvalue weighted by Gasteiger charge is -2.02. The lowest BCUT2D eigenvalue weighted by Crippen LogP contribution is -2.10. The number of hydrogen-bond donors (Lipinski definition) is 1. The third kappa shape index (κ3) is 2.92. The first-order valence-electron chi connectivity index (χ1n) is 5.90. The minimum absolute atomic E-state index is 0.393. The molecule has 0 aliphatic rings. The smallest absolute Gasteiger partial charge is 0.126 e. The van der Waals surface area contributed by atoms with E-state index in [0.29, 0.717) is 6.04 Å². The monoisotopic (exact) mass is 250 g/mol. The molecule has 0 fully saturated rings. The number of nitrogens with zero attached hydrogens (tertiary/aromatic N) is 3. The van der Waals surface area contributed by atoms with E-state index in [1.165, 1.54) is 4.88 Å². The summed E-state index contributed by atoms with van der Waals surface area (Å²) >= 11 is 1.72. The van der Waals surface area contributed by atoms with E-state index in [-0.39, 0.29) is 0 Å². The molecule has 0 aromatic carbocycles. The van der Waals surface area contributed by atoms with Gasteiger partial charge in [0.2, 0.25) is 0 Å². The molecule has 2 aromatic rings. The van der Waals surface area contributed by atoms with Gasteiger partial charge in [-0.05, 0) is 20.4 Å². The van der Waals surface area contributed by atoms with Gasteiger partial charge in [0, 0.05) is 35.4 Å². The van der Waals surface area contributed by atoms with E-state index >= 15 is 0 Å². The molecule has 0 saturated heterocycles. The molecule has 92 valence electrons. The number of nitrogens with one attached hydrogen (secondary N) is 1. The van der Waals surface area contributed by atoms with Crippen molar-refractivity contribution in [3.63, 3.8) is 0 Å². The van der Waals surface area contributed by atoms with Crippen molar-refractivity contribution in [3.8, 4) is 10.6 Å².